The number of aryl methyl sites for hydroxylation is 2. The zero-order chi connectivity index (χ0) is 18.8. The van der Waals surface area contributed by atoms with Crippen LogP contribution in [0.4, 0.5) is 4.39 Å². The molecule has 2 unspecified atom stereocenters. The van der Waals surface area contributed by atoms with Crippen LogP contribution in [0.1, 0.15) is 36.4 Å². The number of hydrogen-bond donors (Lipinski definition) is 1. The number of ether oxygens (including phenoxy) is 1. The first kappa shape index (κ1) is 19.1. The fraction of sp³-hybridized carbons (Fsp3) is 0.474. The Hall–Kier alpha value is -2.21. The molecule has 1 heterocycles. The summed E-state index contributed by atoms with van der Waals surface area (Å²) in [6.07, 6.45) is 0.647. The second-order valence-electron chi connectivity index (χ2n) is 6.57. The van der Waals surface area contributed by atoms with Gasteiger partial charge in [-0.25, -0.2) is 4.39 Å². The lowest BCUT2D eigenvalue weighted by Crippen LogP contribution is -2.48. The second-order valence-corrected chi connectivity index (χ2v) is 6.57. The van der Waals surface area contributed by atoms with Gasteiger partial charge in [0.25, 0.3) is 5.91 Å². The number of amides is 1. The highest BCUT2D eigenvalue weighted by Crippen LogP contribution is 2.27. The molecule has 0 saturated heterocycles. The minimum atomic E-state index is -1.39. The van der Waals surface area contributed by atoms with Crippen molar-refractivity contribution < 1.29 is 13.9 Å². The summed E-state index contributed by atoms with van der Waals surface area (Å²) in [5, 5.41) is 7.34. The van der Waals surface area contributed by atoms with E-state index in [4.69, 9.17) is 4.74 Å². The first-order valence-electron chi connectivity index (χ1n) is 8.31. The highest BCUT2D eigenvalue weighted by Gasteiger charge is 2.38. The second kappa shape index (κ2) is 7.35. The zero-order valence-electron chi connectivity index (χ0n) is 15.7. The number of carbonyl (C=O) groups excluding carboxylic acids is 1. The van der Waals surface area contributed by atoms with Crippen molar-refractivity contribution in [3.8, 4) is 0 Å². The molecule has 0 aliphatic heterocycles. The van der Waals surface area contributed by atoms with Crippen LogP contribution in [0.5, 0.6) is 0 Å². The van der Waals surface area contributed by atoms with Gasteiger partial charge < -0.3 is 10.1 Å². The van der Waals surface area contributed by atoms with Crippen molar-refractivity contribution in [2.45, 2.75) is 45.8 Å². The van der Waals surface area contributed by atoms with Gasteiger partial charge in [0.2, 0.25) is 0 Å². The Labute approximate surface area is 148 Å². The molecule has 2 rings (SSSR count). The minimum absolute atomic E-state index is 0.143. The first-order valence-corrected chi connectivity index (χ1v) is 8.31. The van der Waals surface area contributed by atoms with E-state index in [0.29, 0.717) is 6.42 Å². The van der Waals surface area contributed by atoms with Gasteiger partial charge >= 0.3 is 0 Å². The number of nitrogens with zero attached hydrogens (tertiary/aromatic N) is 2. The van der Waals surface area contributed by atoms with Gasteiger partial charge in [-0.15, -0.1) is 0 Å². The Morgan fingerprint density at radius 2 is 2.04 bits per heavy atom. The molecule has 1 N–H and O–H groups in total. The summed E-state index contributed by atoms with van der Waals surface area (Å²) in [4.78, 5) is 12.8. The van der Waals surface area contributed by atoms with Crippen LogP contribution in [0.3, 0.4) is 0 Å². The van der Waals surface area contributed by atoms with Crippen molar-refractivity contribution in [1.82, 2.24) is 15.1 Å². The molecule has 0 spiro atoms. The molecule has 0 aliphatic carbocycles. The summed E-state index contributed by atoms with van der Waals surface area (Å²) in [7, 11) is 3.31. The molecule has 0 radical (unpaired) electrons. The van der Waals surface area contributed by atoms with Gasteiger partial charge in [-0.05, 0) is 45.7 Å². The van der Waals surface area contributed by atoms with Crippen molar-refractivity contribution in [1.29, 1.82) is 0 Å². The van der Waals surface area contributed by atoms with Gasteiger partial charge in [0.15, 0.2) is 5.60 Å². The Bertz CT molecular complexity index is 772. The highest BCUT2D eigenvalue weighted by molar-refractivity contribution is 5.86. The molecule has 136 valence electrons. The average Bonchev–Trinajstić information content (AvgIpc) is 2.80. The molecule has 1 aromatic carbocycles. The number of carbonyl (C=O) groups is 1. The molecule has 2 aromatic rings. The average molecular weight is 347 g/mol. The van der Waals surface area contributed by atoms with Crippen LogP contribution in [0.15, 0.2) is 24.3 Å². The monoisotopic (exact) mass is 347 g/mol. The van der Waals surface area contributed by atoms with E-state index in [1.54, 1.807) is 25.1 Å². The number of aromatic nitrogens is 2. The third kappa shape index (κ3) is 3.74. The van der Waals surface area contributed by atoms with Crippen LogP contribution in [0.25, 0.3) is 0 Å². The molecule has 6 heteroatoms. The summed E-state index contributed by atoms with van der Waals surface area (Å²) >= 11 is 0. The van der Waals surface area contributed by atoms with E-state index in [0.717, 1.165) is 17.0 Å². The molecule has 0 fully saturated rings. The highest BCUT2D eigenvalue weighted by atomic mass is 19.1. The summed E-state index contributed by atoms with van der Waals surface area (Å²) in [5.41, 5.74) is 1.96. The lowest BCUT2D eigenvalue weighted by molar-refractivity contribution is -0.143. The number of hydrogen-bond acceptors (Lipinski definition) is 3. The largest absolute Gasteiger partial charge is 0.364 e. The van der Waals surface area contributed by atoms with Gasteiger partial charge in [0.1, 0.15) is 5.82 Å². The van der Waals surface area contributed by atoms with Crippen LogP contribution in [0, 0.1) is 19.7 Å². The Balaban J connectivity index is 2.18. The maximum atomic E-state index is 14.2. The van der Waals surface area contributed by atoms with Crippen molar-refractivity contribution in [2.75, 3.05) is 7.11 Å². The maximum Gasteiger partial charge on any atom is 0.256 e. The minimum Gasteiger partial charge on any atom is -0.364 e. The predicted octanol–water partition coefficient (Wildman–Crippen LogP) is 2.79. The summed E-state index contributed by atoms with van der Waals surface area (Å²) in [5.74, 6) is -0.833. The fourth-order valence-corrected chi connectivity index (χ4v) is 3.00. The van der Waals surface area contributed by atoms with E-state index in [1.807, 2.05) is 32.5 Å². The van der Waals surface area contributed by atoms with E-state index in [-0.39, 0.29) is 17.5 Å². The fourth-order valence-electron chi connectivity index (χ4n) is 3.00. The normalized spacial score (nSPS) is 14.8. The molecule has 2 atom stereocenters. The van der Waals surface area contributed by atoms with E-state index < -0.39 is 11.4 Å². The number of methoxy groups -OCH3 is 1. The van der Waals surface area contributed by atoms with Crippen LogP contribution in [-0.4, -0.2) is 28.8 Å². The first-order chi connectivity index (χ1) is 11.7. The Morgan fingerprint density at radius 1 is 1.40 bits per heavy atom. The SMILES string of the molecule is COC(C)(C(=O)NC(C)Cc1c(C)nn(C)c1C)c1ccccc1F. The van der Waals surface area contributed by atoms with E-state index in [2.05, 4.69) is 10.4 Å². The zero-order valence-corrected chi connectivity index (χ0v) is 15.7. The van der Waals surface area contributed by atoms with Crippen molar-refractivity contribution in [2.24, 2.45) is 7.05 Å². The van der Waals surface area contributed by atoms with Crippen molar-refractivity contribution >= 4 is 5.91 Å². The molecular weight excluding hydrogens is 321 g/mol. The molecule has 5 nitrogen and oxygen atoms in total. The predicted molar refractivity (Wildman–Crippen MR) is 94.8 cm³/mol. The molecule has 1 aromatic heterocycles. The number of halogens is 1. The van der Waals surface area contributed by atoms with Crippen LogP contribution < -0.4 is 5.32 Å². The number of benzene rings is 1. The number of nitrogens with one attached hydrogen (secondary N) is 1. The van der Waals surface area contributed by atoms with Gasteiger partial charge in [-0.2, -0.15) is 5.10 Å². The standard InChI is InChI=1S/C19H26FN3O2/c1-12(11-15-13(2)22-23(5)14(15)3)21-18(24)19(4,25-6)16-9-7-8-10-17(16)20/h7-10,12H,11H2,1-6H3,(H,21,24). The third-order valence-electron chi connectivity index (χ3n) is 4.78. The molecule has 0 bridgehead atoms. The number of rotatable bonds is 6. The van der Waals surface area contributed by atoms with Crippen LogP contribution in [-0.2, 0) is 28.6 Å². The topological polar surface area (TPSA) is 56.1 Å². The molecule has 25 heavy (non-hydrogen) atoms. The van der Waals surface area contributed by atoms with Crippen LogP contribution in [0.2, 0.25) is 0 Å². The molecule has 0 aliphatic rings. The molecular formula is C19H26FN3O2. The third-order valence-corrected chi connectivity index (χ3v) is 4.78. The van der Waals surface area contributed by atoms with Crippen LogP contribution >= 0.6 is 0 Å². The van der Waals surface area contributed by atoms with Crippen molar-refractivity contribution in [3.05, 3.63) is 52.6 Å². The maximum absolute atomic E-state index is 14.2. The van der Waals surface area contributed by atoms with E-state index in [1.165, 1.54) is 13.2 Å². The van der Waals surface area contributed by atoms with Gasteiger partial charge in [-0.3, -0.25) is 9.48 Å². The summed E-state index contributed by atoms with van der Waals surface area (Å²) in [6, 6.07) is 6.03. The smallest absolute Gasteiger partial charge is 0.256 e. The Morgan fingerprint density at radius 3 is 2.56 bits per heavy atom. The van der Waals surface area contributed by atoms with Gasteiger partial charge in [-0.1, -0.05) is 18.2 Å². The van der Waals surface area contributed by atoms with Gasteiger partial charge in [0, 0.05) is 31.5 Å². The summed E-state index contributed by atoms with van der Waals surface area (Å²) in [6.45, 7) is 7.45. The van der Waals surface area contributed by atoms with Gasteiger partial charge in [0.05, 0.1) is 5.69 Å². The quantitative estimate of drug-likeness (QED) is 0.874. The molecule has 1 amide bonds. The molecule has 0 saturated carbocycles. The lowest BCUT2D eigenvalue weighted by Gasteiger charge is -2.29. The summed E-state index contributed by atoms with van der Waals surface area (Å²) < 4.78 is 21.4. The lowest BCUT2D eigenvalue weighted by atomic mass is 9.93. The van der Waals surface area contributed by atoms with E-state index in [9.17, 15) is 9.18 Å². The van der Waals surface area contributed by atoms with E-state index >= 15 is 0 Å². The Kier molecular flexibility index (Phi) is 5.62. The van der Waals surface area contributed by atoms with Crippen molar-refractivity contribution in [3.63, 3.8) is 0 Å².